The second-order valence-electron chi connectivity index (χ2n) is 6.31. The maximum Gasteiger partial charge on any atom is 0.416 e. The summed E-state index contributed by atoms with van der Waals surface area (Å²) in [6.45, 7) is 0. The van der Waals surface area contributed by atoms with Crippen LogP contribution in [0.1, 0.15) is 21.5 Å². The lowest BCUT2D eigenvalue weighted by Gasteiger charge is -2.19. The van der Waals surface area contributed by atoms with Crippen LogP contribution in [-0.4, -0.2) is 17.9 Å². The van der Waals surface area contributed by atoms with Crippen molar-refractivity contribution < 1.29 is 22.8 Å². The monoisotopic (exact) mass is 386 g/mol. The molecule has 0 radical (unpaired) electrons. The molecule has 0 fully saturated rings. The quantitative estimate of drug-likeness (QED) is 0.702. The summed E-state index contributed by atoms with van der Waals surface area (Å²) < 4.78 is 39.6. The van der Waals surface area contributed by atoms with Gasteiger partial charge in [-0.3, -0.25) is 9.59 Å². The number of rotatable bonds is 5. The predicted molar refractivity (Wildman–Crippen MR) is 99.5 cm³/mol. The molecule has 0 spiro atoms. The number of carbonyl (C=O) groups excluding carboxylic acids is 2. The topological polar surface area (TPSA) is 72.2 Å². The normalized spacial score (nSPS) is 12.5. The van der Waals surface area contributed by atoms with Crippen molar-refractivity contribution in [2.75, 3.05) is 0 Å². The van der Waals surface area contributed by atoms with Crippen molar-refractivity contribution in [1.82, 2.24) is 5.32 Å². The summed E-state index contributed by atoms with van der Waals surface area (Å²) in [6, 6.07) is 15.9. The van der Waals surface area contributed by atoms with Crippen LogP contribution < -0.4 is 11.1 Å². The third kappa shape index (κ3) is 4.14. The standard InChI is InChI=1S/C21H17F3N2O2/c22-21(23,24)17-11-4-2-7-14(17)12-18(19(25)27)26-20(28)16-10-5-8-13-6-1-3-9-15(13)16/h1-11,18H,12H2,(H2,25,27)(H,26,28)/t18-/m0/s1. The van der Waals surface area contributed by atoms with Gasteiger partial charge in [-0.2, -0.15) is 13.2 Å². The zero-order valence-electron chi connectivity index (χ0n) is 14.7. The molecule has 1 atom stereocenters. The number of nitrogens with two attached hydrogens (primary N) is 1. The maximum atomic E-state index is 13.2. The van der Waals surface area contributed by atoms with Crippen molar-refractivity contribution in [3.05, 3.63) is 83.4 Å². The second-order valence-corrected chi connectivity index (χ2v) is 6.31. The lowest BCUT2D eigenvalue weighted by molar-refractivity contribution is -0.138. The van der Waals surface area contributed by atoms with Gasteiger partial charge in [0.25, 0.3) is 5.91 Å². The molecule has 0 aliphatic carbocycles. The molecule has 3 rings (SSSR count). The molecule has 0 aromatic heterocycles. The molecule has 0 bridgehead atoms. The Bertz CT molecular complexity index is 1030. The number of nitrogens with one attached hydrogen (secondary N) is 1. The second kappa shape index (κ2) is 7.72. The fraction of sp³-hybridized carbons (Fsp3) is 0.143. The van der Waals surface area contributed by atoms with E-state index in [1.54, 1.807) is 24.3 Å². The smallest absolute Gasteiger partial charge is 0.368 e. The van der Waals surface area contributed by atoms with Gasteiger partial charge in [0, 0.05) is 12.0 Å². The number of halogens is 3. The van der Waals surface area contributed by atoms with E-state index < -0.39 is 29.6 Å². The number of fused-ring (bicyclic) bond motifs is 1. The molecular formula is C21H17F3N2O2. The molecule has 2 amide bonds. The van der Waals surface area contributed by atoms with E-state index in [0.29, 0.717) is 10.9 Å². The maximum absolute atomic E-state index is 13.2. The van der Waals surface area contributed by atoms with E-state index in [2.05, 4.69) is 5.32 Å². The van der Waals surface area contributed by atoms with Crippen molar-refractivity contribution in [3.8, 4) is 0 Å². The highest BCUT2D eigenvalue weighted by molar-refractivity contribution is 6.08. The van der Waals surface area contributed by atoms with Crippen molar-refractivity contribution in [3.63, 3.8) is 0 Å². The molecule has 3 aromatic rings. The van der Waals surface area contributed by atoms with Crippen LogP contribution in [0.3, 0.4) is 0 Å². The van der Waals surface area contributed by atoms with Crippen LogP contribution in [0.4, 0.5) is 13.2 Å². The Morgan fingerprint density at radius 3 is 2.29 bits per heavy atom. The van der Waals surface area contributed by atoms with Crippen LogP contribution in [0.5, 0.6) is 0 Å². The van der Waals surface area contributed by atoms with Gasteiger partial charge >= 0.3 is 6.18 Å². The number of alkyl halides is 3. The van der Waals surface area contributed by atoms with Crippen molar-refractivity contribution >= 4 is 22.6 Å². The zero-order chi connectivity index (χ0) is 20.3. The van der Waals surface area contributed by atoms with Gasteiger partial charge in [-0.05, 0) is 28.5 Å². The third-order valence-electron chi connectivity index (χ3n) is 4.43. The SMILES string of the molecule is NC(=O)[C@H](Cc1ccccc1C(F)(F)F)NC(=O)c1cccc2ccccc12. The summed E-state index contributed by atoms with van der Waals surface area (Å²) in [7, 11) is 0. The zero-order valence-corrected chi connectivity index (χ0v) is 14.7. The van der Waals surface area contributed by atoms with Crippen LogP contribution in [-0.2, 0) is 17.4 Å². The van der Waals surface area contributed by atoms with Gasteiger partial charge in [0.1, 0.15) is 6.04 Å². The first-order chi connectivity index (χ1) is 13.3. The van der Waals surface area contributed by atoms with Gasteiger partial charge in [0.05, 0.1) is 5.56 Å². The van der Waals surface area contributed by atoms with Gasteiger partial charge in [0.2, 0.25) is 5.91 Å². The molecule has 3 aromatic carbocycles. The van der Waals surface area contributed by atoms with E-state index in [-0.39, 0.29) is 12.0 Å². The lowest BCUT2D eigenvalue weighted by atomic mass is 9.98. The Labute approximate surface area is 159 Å². The molecule has 3 N–H and O–H groups in total. The summed E-state index contributed by atoms with van der Waals surface area (Å²) in [5.41, 5.74) is 4.69. The minimum Gasteiger partial charge on any atom is -0.368 e. The van der Waals surface area contributed by atoms with Crippen LogP contribution in [0, 0.1) is 0 Å². The predicted octanol–water partition coefficient (Wildman–Crippen LogP) is 3.69. The van der Waals surface area contributed by atoms with E-state index in [0.717, 1.165) is 11.5 Å². The van der Waals surface area contributed by atoms with E-state index in [4.69, 9.17) is 5.73 Å². The van der Waals surface area contributed by atoms with E-state index in [9.17, 15) is 22.8 Å². The average molecular weight is 386 g/mol. The molecular weight excluding hydrogens is 369 g/mol. The van der Waals surface area contributed by atoms with Gasteiger partial charge in [0.15, 0.2) is 0 Å². The Kier molecular flexibility index (Phi) is 5.35. The highest BCUT2D eigenvalue weighted by Crippen LogP contribution is 2.32. The van der Waals surface area contributed by atoms with Crippen molar-refractivity contribution in [1.29, 1.82) is 0 Å². The fourth-order valence-electron chi connectivity index (χ4n) is 3.08. The third-order valence-corrected chi connectivity index (χ3v) is 4.43. The Balaban J connectivity index is 1.89. The van der Waals surface area contributed by atoms with E-state index in [1.807, 2.05) is 18.2 Å². The van der Waals surface area contributed by atoms with Crippen molar-refractivity contribution in [2.24, 2.45) is 5.73 Å². The first kappa shape index (κ1) is 19.4. The molecule has 144 valence electrons. The largest absolute Gasteiger partial charge is 0.416 e. The van der Waals surface area contributed by atoms with Crippen molar-refractivity contribution in [2.45, 2.75) is 18.6 Å². The van der Waals surface area contributed by atoms with E-state index in [1.165, 1.54) is 18.2 Å². The summed E-state index contributed by atoms with van der Waals surface area (Å²) in [5, 5.41) is 3.97. The molecule has 28 heavy (non-hydrogen) atoms. The first-order valence-corrected chi connectivity index (χ1v) is 8.50. The number of primary amides is 1. The first-order valence-electron chi connectivity index (χ1n) is 8.50. The van der Waals surface area contributed by atoms with Crippen LogP contribution in [0.15, 0.2) is 66.7 Å². The highest BCUT2D eigenvalue weighted by atomic mass is 19.4. The lowest BCUT2D eigenvalue weighted by Crippen LogP contribution is -2.46. The van der Waals surface area contributed by atoms with Crippen LogP contribution >= 0.6 is 0 Å². The minimum atomic E-state index is -4.57. The highest BCUT2D eigenvalue weighted by Gasteiger charge is 2.34. The molecule has 0 saturated carbocycles. The molecule has 0 aliphatic rings. The summed E-state index contributed by atoms with van der Waals surface area (Å²) in [5.74, 6) is -1.49. The van der Waals surface area contributed by atoms with Gasteiger partial charge in [-0.1, -0.05) is 54.6 Å². The number of benzene rings is 3. The van der Waals surface area contributed by atoms with Gasteiger partial charge in [-0.25, -0.2) is 0 Å². The van der Waals surface area contributed by atoms with Gasteiger partial charge in [-0.15, -0.1) is 0 Å². The summed E-state index contributed by atoms with van der Waals surface area (Å²) in [4.78, 5) is 24.5. The number of hydrogen-bond donors (Lipinski definition) is 2. The Morgan fingerprint density at radius 2 is 1.57 bits per heavy atom. The Hall–Kier alpha value is -3.35. The molecule has 0 heterocycles. The number of carbonyl (C=O) groups is 2. The van der Waals surface area contributed by atoms with Crippen LogP contribution in [0.25, 0.3) is 10.8 Å². The molecule has 4 nitrogen and oxygen atoms in total. The summed E-state index contributed by atoms with van der Waals surface area (Å²) >= 11 is 0. The summed E-state index contributed by atoms with van der Waals surface area (Å²) in [6.07, 6.45) is -4.93. The fourth-order valence-corrected chi connectivity index (χ4v) is 3.08. The minimum absolute atomic E-state index is 0.114. The molecule has 0 saturated heterocycles. The molecule has 0 unspecified atom stereocenters. The molecule has 7 heteroatoms. The van der Waals surface area contributed by atoms with Crippen LogP contribution in [0.2, 0.25) is 0 Å². The number of hydrogen-bond acceptors (Lipinski definition) is 2. The number of amides is 2. The van der Waals surface area contributed by atoms with E-state index >= 15 is 0 Å². The van der Waals surface area contributed by atoms with Gasteiger partial charge < -0.3 is 11.1 Å². The average Bonchev–Trinajstić information content (AvgIpc) is 2.66. The molecule has 0 aliphatic heterocycles. The Morgan fingerprint density at radius 1 is 0.929 bits per heavy atom.